The average molecular weight is 307 g/mol. The zero-order valence-corrected chi connectivity index (χ0v) is 12.3. The maximum atomic E-state index is 12.4. The van der Waals surface area contributed by atoms with Crippen LogP contribution in [0.1, 0.15) is 16.1 Å². The number of carbonyl (C=O) groups is 1. The summed E-state index contributed by atoms with van der Waals surface area (Å²) in [6.07, 6.45) is 4.84. The van der Waals surface area contributed by atoms with Gasteiger partial charge in [0.2, 0.25) is 0 Å². The molecule has 1 aromatic heterocycles. The number of hydrogen-bond donors (Lipinski definition) is 1. The van der Waals surface area contributed by atoms with Crippen molar-refractivity contribution >= 4 is 5.97 Å². The molecule has 0 saturated carbocycles. The number of aromatic nitrogens is 2. The van der Waals surface area contributed by atoms with Crippen molar-refractivity contribution in [2.75, 3.05) is 0 Å². The molecule has 3 rings (SSSR count). The SMILES string of the molecule is O=C(Oc1ccc(O)cc1)c1cncc[n+]1Cc1ccccc1. The Morgan fingerprint density at radius 2 is 1.83 bits per heavy atom. The lowest BCUT2D eigenvalue weighted by molar-refractivity contribution is -0.691. The van der Waals surface area contributed by atoms with Gasteiger partial charge in [-0.15, -0.1) is 0 Å². The molecule has 114 valence electrons. The number of aromatic hydroxyl groups is 1. The molecule has 23 heavy (non-hydrogen) atoms. The van der Waals surface area contributed by atoms with E-state index in [0.717, 1.165) is 5.56 Å². The van der Waals surface area contributed by atoms with Crippen molar-refractivity contribution in [1.29, 1.82) is 0 Å². The van der Waals surface area contributed by atoms with Crippen LogP contribution in [0.4, 0.5) is 0 Å². The largest absolute Gasteiger partial charge is 0.508 e. The number of benzene rings is 2. The fourth-order valence-electron chi connectivity index (χ4n) is 2.15. The molecule has 0 fully saturated rings. The van der Waals surface area contributed by atoms with Gasteiger partial charge in [-0.2, -0.15) is 4.57 Å². The van der Waals surface area contributed by atoms with Crippen LogP contribution >= 0.6 is 0 Å². The van der Waals surface area contributed by atoms with Crippen LogP contribution in [0.15, 0.2) is 73.2 Å². The van der Waals surface area contributed by atoms with E-state index in [4.69, 9.17) is 4.74 Å². The number of carbonyl (C=O) groups excluding carboxylic acids is 1. The van der Waals surface area contributed by atoms with Gasteiger partial charge in [0, 0.05) is 5.56 Å². The highest BCUT2D eigenvalue weighted by molar-refractivity contribution is 5.87. The number of phenolic OH excluding ortho intramolecular Hbond substituents is 1. The van der Waals surface area contributed by atoms with E-state index in [1.54, 1.807) is 17.0 Å². The Bertz CT molecular complexity index is 802. The molecule has 0 saturated heterocycles. The van der Waals surface area contributed by atoms with E-state index in [2.05, 4.69) is 4.98 Å². The third-order valence-corrected chi connectivity index (χ3v) is 3.29. The van der Waals surface area contributed by atoms with Crippen molar-refractivity contribution < 1.29 is 19.2 Å². The molecule has 0 aliphatic rings. The molecule has 0 aliphatic carbocycles. The fraction of sp³-hybridized carbons (Fsp3) is 0.0556. The second-order valence-electron chi connectivity index (χ2n) is 4.96. The van der Waals surface area contributed by atoms with Crippen molar-refractivity contribution in [3.8, 4) is 11.5 Å². The van der Waals surface area contributed by atoms with Gasteiger partial charge in [-0.3, -0.25) is 4.98 Å². The van der Waals surface area contributed by atoms with Crippen LogP contribution in [0, 0.1) is 0 Å². The first kappa shape index (κ1) is 14.7. The summed E-state index contributed by atoms with van der Waals surface area (Å²) < 4.78 is 7.11. The molecule has 3 aromatic rings. The summed E-state index contributed by atoms with van der Waals surface area (Å²) in [5.74, 6) is -0.0204. The summed E-state index contributed by atoms with van der Waals surface area (Å²) in [6, 6.07) is 15.8. The molecule has 0 amide bonds. The number of hydrogen-bond acceptors (Lipinski definition) is 4. The molecule has 1 heterocycles. The third-order valence-electron chi connectivity index (χ3n) is 3.29. The van der Waals surface area contributed by atoms with Crippen LogP contribution in [0.5, 0.6) is 11.5 Å². The molecule has 2 aromatic carbocycles. The molecular weight excluding hydrogens is 292 g/mol. The average Bonchev–Trinajstić information content (AvgIpc) is 2.58. The van der Waals surface area contributed by atoms with Crippen molar-refractivity contribution in [2.45, 2.75) is 6.54 Å². The van der Waals surface area contributed by atoms with Crippen molar-refractivity contribution in [1.82, 2.24) is 4.98 Å². The molecule has 0 aliphatic heterocycles. The molecule has 0 atom stereocenters. The quantitative estimate of drug-likeness (QED) is 0.456. The molecule has 0 unspecified atom stereocenters. The van der Waals surface area contributed by atoms with E-state index < -0.39 is 5.97 Å². The zero-order valence-electron chi connectivity index (χ0n) is 12.3. The van der Waals surface area contributed by atoms with E-state index in [-0.39, 0.29) is 5.75 Å². The first-order valence-electron chi connectivity index (χ1n) is 7.11. The first-order valence-corrected chi connectivity index (χ1v) is 7.11. The van der Waals surface area contributed by atoms with Crippen LogP contribution in [0.3, 0.4) is 0 Å². The summed E-state index contributed by atoms with van der Waals surface area (Å²) in [5.41, 5.74) is 1.42. The lowest BCUT2D eigenvalue weighted by Gasteiger charge is -2.05. The number of phenols is 1. The van der Waals surface area contributed by atoms with E-state index in [1.165, 1.54) is 30.5 Å². The number of esters is 1. The highest BCUT2D eigenvalue weighted by Gasteiger charge is 2.22. The molecular formula is C18H15N2O3+. The van der Waals surface area contributed by atoms with E-state index in [1.807, 2.05) is 30.3 Å². The Balaban J connectivity index is 1.82. The normalized spacial score (nSPS) is 10.3. The van der Waals surface area contributed by atoms with E-state index >= 15 is 0 Å². The van der Waals surface area contributed by atoms with Gasteiger partial charge in [0.25, 0.3) is 0 Å². The zero-order chi connectivity index (χ0) is 16.1. The molecule has 0 bridgehead atoms. The van der Waals surface area contributed by atoms with Gasteiger partial charge in [0.15, 0.2) is 12.7 Å². The smallest absolute Gasteiger partial charge is 0.410 e. The standard InChI is InChI=1S/C18H14N2O3/c21-15-6-8-16(9-7-15)23-18(22)17-12-19-10-11-20(17)13-14-4-2-1-3-5-14/h1-12H,13H2/p+1. The van der Waals surface area contributed by atoms with Crippen LogP contribution in [0.25, 0.3) is 0 Å². The minimum atomic E-state index is -0.500. The molecule has 0 radical (unpaired) electrons. The number of ether oxygens (including phenoxy) is 1. The summed E-state index contributed by atoms with van der Waals surface area (Å²) in [7, 11) is 0. The molecule has 0 spiro atoms. The predicted octanol–water partition coefficient (Wildman–Crippen LogP) is 2.34. The maximum absolute atomic E-state index is 12.4. The summed E-state index contributed by atoms with van der Waals surface area (Å²) in [5, 5.41) is 9.26. The number of rotatable bonds is 4. The Labute approximate surface area is 133 Å². The van der Waals surface area contributed by atoms with Gasteiger partial charge in [0.1, 0.15) is 17.7 Å². The van der Waals surface area contributed by atoms with E-state index in [9.17, 15) is 9.90 Å². The lowest BCUT2D eigenvalue weighted by atomic mass is 10.2. The molecule has 1 N–H and O–H groups in total. The Morgan fingerprint density at radius 3 is 2.57 bits per heavy atom. The maximum Gasteiger partial charge on any atom is 0.410 e. The summed E-state index contributed by atoms with van der Waals surface area (Å²) in [4.78, 5) is 16.4. The van der Waals surface area contributed by atoms with Gasteiger partial charge < -0.3 is 9.84 Å². The Morgan fingerprint density at radius 1 is 1.09 bits per heavy atom. The second-order valence-corrected chi connectivity index (χ2v) is 4.96. The Hall–Kier alpha value is -3.21. The van der Waals surface area contributed by atoms with Crippen LogP contribution in [0.2, 0.25) is 0 Å². The van der Waals surface area contributed by atoms with Gasteiger partial charge in [-0.25, -0.2) is 4.79 Å². The second kappa shape index (κ2) is 6.70. The van der Waals surface area contributed by atoms with Crippen molar-refractivity contribution in [3.05, 3.63) is 84.4 Å². The summed E-state index contributed by atoms with van der Waals surface area (Å²) >= 11 is 0. The third kappa shape index (κ3) is 3.71. The van der Waals surface area contributed by atoms with Gasteiger partial charge in [0.05, 0.1) is 6.20 Å². The molecule has 5 nitrogen and oxygen atoms in total. The lowest BCUT2D eigenvalue weighted by Crippen LogP contribution is -2.42. The molecule has 5 heteroatoms. The van der Waals surface area contributed by atoms with Crippen LogP contribution in [-0.2, 0) is 6.54 Å². The highest BCUT2D eigenvalue weighted by atomic mass is 16.5. The number of nitrogens with zero attached hydrogens (tertiary/aromatic N) is 2. The Kier molecular flexibility index (Phi) is 4.29. The van der Waals surface area contributed by atoms with Crippen LogP contribution in [-0.4, -0.2) is 16.1 Å². The predicted molar refractivity (Wildman–Crippen MR) is 83.0 cm³/mol. The van der Waals surface area contributed by atoms with Crippen LogP contribution < -0.4 is 9.30 Å². The van der Waals surface area contributed by atoms with Crippen molar-refractivity contribution in [3.63, 3.8) is 0 Å². The fourth-order valence-corrected chi connectivity index (χ4v) is 2.15. The minimum absolute atomic E-state index is 0.116. The topological polar surface area (TPSA) is 63.3 Å². The summed E-state index contributed by atoms with van der Waals surface area (Å²) in [6.45, 7) is 0.545. The van der Waals surface area contributed by atoms with Gasteiger partial charge >= 0.3 is 11.7 Å². The minimum Gasteiger partial charge on any atom is -0.508 e. The first-order chi connectivity index (χ1) is 11.2. The van der Waals surface area contributed by atoms with Gasteiger partial charge in [-0.1, -0.05) is 30.3 Å². The van der Waals surface area contributed by atoms with Gasteiger partial charge in [-0.05, 0) is 24.3 Å². The van der Waals surface area contributed by atoms with E-state index in [0.29, 0.717) is 18.0 Å². The van der Waals surface area contributed by atoms with Crippen molar-refractivity contribution in [2.24, 2.45) is 0 Å². The monoisotopic (exact) mass is 307 g/mol. The highest BCUT2D eigenvalue weighted by Crippen LogP contribution is 2.16.